The highest BCUT2D eigenvalue weighted by Crippen LogP contribution is 2.33. The van der Waals surface area contributed by atoms with Gasteiger partial charge in [-0.2, -0.15) is 0 Å². The first kappa shape index (κ1) is 21.3. The lowest BCUT2D eigenvalue weighted by molar-refractivity contribution is 0.186. The van der Waals surface area contributed by atoms with Gasteiger partial charge in [0.05, 0.1) is 19.8 Å². The molecule has 2 aliphatic heterocycles. The molecule has 0 spiro atoms. The summed E-state index contributed by atoms with van der Waals surface area (Å²) < 4.78 is 10.8. The zero-order valence-electron chi connectivity index (χ0n) is 18.5. The average molecular weight is 424 g/mol. The molecule has 2 aromatic rings. The maximum Gasteiger partial charge on any atom is 0.318 e. The Hall–Kier alpha value is -2.89. The molecule has 2 saturated heterocycles. The Bertz CT molecular complexity index is 845. The Kier molecular flexibility index (Phi) is 6.85. The Morgan fingerprint density at radius 1 is 0.968 bits per heavy atom. The van der Waals surface area contributed by atoms with Gasteiger partial charge in [0.2, 0.25) is 0 Å². The number of piperidine rings is 1. The van der Waals surface area contributed by atoms with E-state index in [4.69, 9.17) is 9.47 Å². The largest absolute Gasteiger partial charge is 0.497 e. The summed E-state index contributed by atoms with van der Waals surface area (Å²) in [7, 11) is 1.68. The molecule has 2 amide bonds. The van der Waals surface area contributed by atoms with Gasteiger partial charge in [0.1, 0.15) is 11.5 Å². The number of methoxy groups -OCH3 is 1. The highest BCUT2D eigenvalue weighted by Gasteiger charge is 2.31. The van der Waals surface area contributed by atoms with Crippen molar-refractivity contribution in [3.8, 4) is 11.5 Å². The molecule has 0 saturated carbocycles. The van der Waals surface area contributed by atoms with Crippen molar-refractivity contribution in [3.05, 3.63) is 54.1 Å². The SMILES string of the molecule is CCOc1ccc(C2CCCN2C(=O)NC2CCN(c3ccc(OC)cc3)CC2)cc1. The maximum absolute atomic E-state index is 13.1. The van der Waals surface area contributed by atoms with Crippen molar-refractivity contribution in [2.45, 2.75) is 44.7 Å². The third-order valence-corrected chi connectivity index (χ3v) is 6.35. The van der Waals surface area contributed by atoms with E-state index >= 15 is 0 Å². The first-order chi connectivity index (χ1) is 15.2. The van der Waals surface area contributed by atoms with Crippen LogP contribution < -0.4 is 19.7 Å². The van der Waals surface area contributed by atoms with Crippen molar-refractivity contribution in [3.63, 3.8) is 0 Å². The van der Waals surface area contributed by atoms with Gasteiger partial charge in [-0.3, -0.25) is 0 Å². The van der Waals surface area contributed by atoms with E-state index < -0.39 is 0 Å². The summed E-state index contributed by atoms with van der Waals surface area (Å²) in [5.41, 5.74) is 2.39. The van der Waals surface area contributed by atoms with Gasteiger partial charge in [-0.25, -0.2) is 4.79 Å². The molecule has 0 bridgehead atoms. The zero-order chi connectivity index (χ0) is 21.6. The third-order valence-electron chi connectivity index (χ3n) is 6.35. The van der Waals surface area contributed by atoms with Crippen LogP contribution in [-0.4, -0.2) is 50.3 Å². The molecule has 1 unspecified atom stereocenters. The summed E-state index contributed by atoms with van der Waals surface area (Å²) in [6, 6.07) is 16.8. The van der Waals surface area contributed by atoms with Gasteiger partial charge in [-0.1, -0.05) is 12.1 Å². The number of nitrogens with zero attached hydrogens (tertiary/aromatic N) is 2. The maximum atomic E-state index is 13.1. The van der Waals surface area contributed by atoms with E-state index in [1.165, 1.54) is 11.3 Å². The van der Waals surface area contributed by atoms with Crippen LogP contribution in [0.15, 0.2) is 48.5 Å². The second-order valence-electron chi connectivity index (χ2n) is 8.26. The normalized spacial score (nSPS) is 19.4. The number of rotatable bonds is 6. The minimum absolute atomic E-state index is 0.0688. The second kappa shape index (κ2) is 9.94. The van der Waals surface area contributed by atoms with Crippen LogP contribution >= 0.6 is 0 Å². The lowest BCUT2D eigenvalue weighted by Crippen LogP contribution is -2.49. The van der Waals surface area contributed by atoms with Crippen molar-refractivity contribution in [2.24, 2.45) is 0 Å². The van der Waals surface area contributed by atoms with Crippen LogP contribution in [0.1, 0.15) is 44.2 Å². The molecule has 0 aliphatic carbocycles. The van der Waals surface area contributed by atoms with Crippen LogP contribution in [-0.2, 0) is 0 Å². The Labute approximate surface area is 185 Å². The number of hydrogen-bond donors (Lipinski definition) is 1. The lowest BCUT2D eigenvalue weighted by Gasteiger charge is -2.35. The van der Waals surface area contributed by atoms with E-state index in [0.717, 1.165) is 56.8 Å². The number of hydrogen-bond acceptors (Lipinski definition) is 4. The van der Waals surface area contributed by atoms with E-state index in [2.05, 4.69) is 34.5 Å². The molecule has 2 heterocycles. The second-order valence-corrected chi connectivity index (χ2v) is 8.26. The number of urea groups is 1. The fourth-order valence-corrected chi connectivity index (χ4v) is 4.64. The van der Waals surface area contributed by atoms with E-state index in [1.54, 1.807) is 7.11 Å². The molecule has 0 aromatic heterocycles. The summed E-state index contributed by atoms with van der Waals surface area (Å²) in [6.45, 7) is 5.35. The summed E-state index contributed by atoms with van der Waals surface area (Å²) in [5.74, 6) is 1.75. The van der Waals surface area contributed by atoms with E-state index in [1.807, 2.05) is 36.1 Å². The molecule has 1 atom stereocenters. The smallest absolute Gasteiger partial charge is 0.318 e. The first-order valence-corrected chi connectivity index (χ1v) is 11.4. The Morgan fingerprint density at radius 2 is 1.65 bits per heavy atom. The summed E-state index contributed by atoms with van der Waals surface area (Å²) in [6.07, 6.45) is 3.97. The molecule has 31 heavy (non-hydrogen) atoms. The monoisotopic (exact) mass is 423 g/mol. The standard InChI is InChI=1S/C25H33N3O3/c1-3-31-23-10-6-19(7-11-23)24-5-4-16-28(24)25(29)26-20-14-17-27(18-15-20)21-8-12-22(30-2)13-9-21/h6-13,20,24H,3-5,14-18H2,1-2H3,(H,26,29). The van der Waals surface area contributed by atoms with Gasteiger partial charge in [0, 0.05) is 31.4 Å². The predicted octanol–water partition coefficient (Wildman–Crippen LogP) is 4.61. The van der Waals surface area contributed by atoms with Crippen LogP contribution in [0, 0.1) is 0 Å². The van der Waals surface area contributed by atoms with Gasteiger partial charge < -0.3 is 24.6 Å². The number of benzene rings is 2. The van der Waals surface area contributed by atoms with Crippen molar-refractivity contribution >= 4 is 11.7 Å². The van der Waals surface area contributed by atoms with Gasteiger partial charge in [0.25, 0.3) is 0 Å². The molecule has 6 nitrogen and oxygen atoms in total. The number of carbonyl (C=O) groups excluding carboxylic acids is 1. The zero-order valence-corrected chi connectivity index (χ0v) is 18.5. The fraction of sp³-hybridized carbons (Fsp3) is 0.480. The van der Waals surface area contributed by atoms with Crippen molar-refractivity contribution < 1.29 is 14.3 Å². The fourth-order valence-electron chi connectivity index (χ4n) is 4.64. The van der Waals surface area contributed by atoms with E-state index in [0.29, 0.717) is 6.61 Å². The van der Waals surface area contributed by atoms with Crippen LogP contribution in [0.2, 0.25) is 0 Å². The number of amides is 2. The number of likely N-dealkylation sites (tertiary alicyclic amines) is 1. The van der Waals surface area contributed by atoms with Crippen molar-refractivity contribution in [2.75, 3.05) is 38.3 Å². The summed E-state index contributed by atoms with van der Waals surface area (Å²) in [4.78, 5) is 17.4. The lowest BCUT2D eigenvalue weighted by atomic mass is 10.0. The van der Waals surface area contributed by atoms with Gasteiger partial charge in [-0.05, 0) is 74.6 Å². The van der Waals surface area contributed by atoms with Gasteiger partial charge in [-0.15, -0.1) is 0 Å². The molecule has 2 aliphatic rings. The van der Waals surface area contributed by atoms with Gasteiger partial charge in [0.15, 0.2) is 0 Å². The van der Waals surface area contributed by atoms with Crippen molar-refractivity contribution in [1.82, 2.24) is 10.2 Å². The van der Waals surface area contributed by atoms with Crippen LogP contribution in [0.3, 0.4) is 0 Å². The summed E-state index contributed by atoms with van der Waals surface area (Å²) >= 11 is 0. The molecule has 166 valence electrons. The highest BCUT2D eigenvalue weighted by molar-refractivity contribution is 5.75. The number of carbonyl (C=O) groups is 1. The number of anilines is 1. The van der Waals surface area contributed by atoms with Crippen LogP contribution in [0.25, 0.3) is 0 Å². The molecular formula is C25H33N3O3. The first-order valence-electron chi connectivity index (χ1n) is 11.4. The molecule has 0 radical (unpaired) electrons. The molecule has 1 N–H and O–H groups in total. The minimum atomic E-state index is 0.0688. The van der Waals surface area contributed by atoms with E-state index in [9.17, 15) is 4.79 Å². The third kappa shape index (κ3) is 5.06. The summed E-state index contributed by atoms with van der Waals surface area (Å²) in [5, 5.41) is 3.30. The number of nitrogens with one attached hydrogen (secondary N) is 1. The Balaban J connectivity index is 1.30. The van der Waals surface area contributed by atoms with Crippen molar-refractivity contribution in [1.29, 1.82) is 0 Å². The van der Waals surface area contributed by atoms with Crippen LogP contribution in [0.5, 0.6) is 11.5 Å². The molecule has 4 rings (SSSR count). The van der Waals surface area contributed by atoms with E-state index in [-0.39, 0.29) is 18.1 Å². The van der Waals surface area contributed by atoms with Crippen LogP contribution in [0.4, 0.5) is 10.5 Å². The molecule has 2 aromatic carbocycles. The molecule has 6 heteroatoms. The number of ether oxygens (including phenoxy) is 2. The molecule has 2 fully saturated rings. The predicted molar refractivity (Wildman–Crippen MR) is 123 cm³/mol. The quantitative estimate of drug-likeness (QED) is 0.737. The Morgan fingerprint density at radius 3 is 2.29 bits per heavy atom. The topological polar surface area (TPSA) is 54.0 Å². The highest BCUT2D eigenvalue weighted by atomic mass is 16.5. The molecular weight excluding hydrogens is 390 g/mol. The van der Waals surface area contributed by atoms with Gasteiger partial charge >= 0.3 is 6.03 Å². The minimum Gasteiger partial charge on any atom is -0.497 e. The average Bonchev–Trinajstić information content (AvgIpc) is 3.31.